The summed E-state index contributed by atoms with van der Waals surface area (Å²) >= 11 is 0. The first-order valence-electron chi connectivity index (χ1n) is 5.46. The predicted octanol–water partition coefficient (Wildman–Crippen LogP) is 1.01. The van der Waals surface area contributed by atoms with Crippen molar-refractivity contribution >= 4 is 16.0 Å². The number of rotatable bonds is 3. The maximum Gasteiger partial charge on any atom is 0.322 e. The quantitative estimate of drug-likeness (QED) is 0.902. The Bertz CT molecular complexity index is 587. The van der Waals surface area contributed by atoms with Crippen LogP contribution in [0.3, 0.4) is 0 Å². The SMILES string of the molecule is O=C(O)[C@@H]1C[C@H](F)CN1S(=O)(=O)c1ccc(F)cc1. The van der Waals surface area contributed by atoms with Crippen molar-refractivity contribution < 1.29 is 27.1 Å². The maximum absolute atomic E-state index is 13.3. The number of carboxylic acids is 1. The Morgan fingerprint density at radius 2 is 1.89 bits per heavy atom. The zero-order chi connectivity index (χ0) is 14.2. The zero-order valence-corrected chi connectivity index (χ0v) is 10.5. The summed E-state index contributed by atoms with van der Waals surface area (Å²) in [6.07, 6.45) is -1.90. The molecule has 1 N–H and O–H groups in total. The molecule has 2 atom stereocenters. The molecule has 1 aromatic rings. The van der Waals surface area contributed by atoms with Crippen molar-refractivity contribution in [1.29, 1.82) is 0 Å². The molecule has 0 spiro atoms. The highest BCUT2D eigenvalue weighted by Gasteiger charge is 2.44. The fraction of sp³-hybridized carbons (Fsp3) is 0.364. The Balaban J connectivity index is 2.38. The van der Waals surface area contributed by atoms with Crippen LogP contribution in [0.2, 0.25) is 0 Å². The average molecular weight is 291 g/mol. The molecule has 104 valence electrons. The molecule has 0 bridgehead atoms. The van der Waals surface area contributed by atoms with E-state index in [0.717, 1.165) is 24.3 Å². The number of benzene rings is 1. The minimum Gasteiger partial charge on any atom is -0.480 e. The van der Waals surface area contributed by atoms with Crippen LogP contribution < -0.4 is 0 Å². The summed E-state index contributed by atoms with van der Waals surface area (Å²) < 4.78 is 51.0. The first-order valence-corrected chi connectivity index (χ1v) is 6.90. The fourth-order valence-electron chi connectivity index (χ4n) is 1.99. The van der Waals surface area contributed by atoms with Gasteiger partial charge in [-0.05, 0) is 24.3 Å². The Labute approximate surface area is 108 Å². The van der Waals surface area contributed by atoms with E-state index in [1.54, 1.807) is 0 Å². The van der Waals surface area contributed by atoms with E-state index in [4.69, 9.17) is 5.11 Å². The smallest absolute Gasteiger partial charge is 0.322 e. The van der Waals surface area contributed by atoms with Gasteiger partial charge in [0.05, 0.1) is 4.90 Å². The van der Waals surface area contributed by atoms with Crippen LogP contribution in [0.1, 0.15) is 6.42 Å². The van der Waals surface area contributed by atoms with Crippen molar-refractivity contribution in [2.45, 2.75) is 23.5 Å². The molecule has 2 rings (SSSR count). The Kier molecular flexibility index (Phi) is 3.55. The van der Waals surface area contributed by atoms with Gasteiger partial charge in [-0.25, -0.2) is 17.2 Å². The number of nitrogens with zero attached hydrogens (tertiary/aromatic N) is 1. The summed E-state index contributed by atoms with van der Waals surface area (Å²) in [6, 6.07) is 2.52. The van der Waals surface area contributed by atoms with Crippen LogP contribution in [0.4, 0.5) is 8.78 Å². The molecule has 1 heterocycles. The van der Waals surface area contributed by atoms with Gasteiger partial charge in [-0.2, -0.15) is 4.31 Å². The Hall–Kier alpha value is -1.54. The molecule has 1 aliphatic rings. The number of carboxylic acid groups (broad SMARTS) is 1. The van der Waals surface area contributed by atoms with Gasteiger partial charge in [0.2, 0.25) is 10.0 Å². The van der Waals surface area contributed by atoms with Crippen LogP contribution in [0.25, 0.3) is 0 Å². The zero-order valence-electron chi connectivity index (χ0n) is 9.66. The van der Waals surface area contributed by atoms with E-state index in [-0.39, 0.29) is 11.3 Å². The summed E-state index contributed by atoms with van der Waals surface area (Å²) in [5, 5.41) is 8.92. The molecule has 1 fully saturated rings. The topological polar surface area (TPSA) is 74.7 Å². The highest BCUT2D eigenvalue weighted by Crippen LogP contribution is 2.28. The van der Waals surface area contributed by atoms with Gasteiger partial charge in [-0.3, -0.25) is 4.79 Å². The molecule has 1 saturated heterocycles. The molecule has 5 nitrogen and oxygen atoms in total. The van der Waals surface area contributed by atoms with Crippen molar-refractivity contribution in [3.8, 4) is 0 Å². The highest BCUT2D eigenvalue weighted by atomic mass is 32.2. The van der Waals surface area contributed by atoms with E-state index < -0.39 is 40.6 Å². The van der Waals surface area contributed by atoms with Gasteiger partial charge >= 0.3 is 5.97 Å². The van der Waals surface area contributed by atoms with Crippen LogP contribution in [-0.2, 0) is 14.8 Å². The lowest BCUT2D eigenvalue weighted by Crippen LogP contribution is -2.40. The van der Waals surface area contributed by atoms with Crippen LogP contribution in [-0.4, -0.2) is 42.6 Å². The average Bonchev–Trinajstić information content (AvgIpc) is 2.73. The number of alkyl halides is 1. The second-order valence-electron chi connectivity index (χ2n) is 4.22. The Morgan fingerprint density at radius 1 is 1.32 bits per heavy atom. The lowest BCUT2D eigenvalue weighted by atomic mass is 10.2. The third-order valence-corrected chi connectivity index (χ3v) is 4.80. The number of aliphatic carboxylic acids is 1. The molecule has 8 heteroatoms. The summed E-state index contributed by atoms with van der Waals surface area (Å²) in [6.45, 7) is -0.503. The van der Waals surface area contributed by atoms with E-state index in [2.05, 4.69) is 0 Å². The van der Waals surface area contributed by atoms with Crippen molar-refractivity contribution in [3.63, 3.8) is 0 Å². The monoisotopic (exact) mass is 291 g/mol. The van der Waals surface area contributed by atoms with Gasteiger partial charge in [0, 0.05) is 13.0 Å². The van der Waals surface area contributed by atoms with Crippen molar-refractivity contribution in [1.82, 2.24) is 4.31 Å². The molecule has 0 unspecified atom stereocenters. The summed E-state index contributed by atoms with van der Waals surface area (Å²) in [4.78, 5) is 10.7. The maximum atomic E-state index is 13.3. The van der Waals surface area contributed by atoms with Crippen LogP contribution >= 0.6 is 0 Å². The number of hydrogen-bond donors (Lipinski definition) is 1. The lowest BCUT2D eigenvalue weighted by molar-refractivity contribution is -0.140. The van der Waals surface area contributed by atoms with E-state index in [1.807, 2.05) is 0 Å². The van der Waals surface area contributed by atoms with E-state index in [9.17, 15) is 22.0 Å². The predicted molar refractivity (Wildman–Crippen MR) is 61.2 cm³/mol. The molecular weight excluding hydrogens is 280 g/mol. The summed E-state index contributed by atoms with van der Waals surface area (Å²) in [5.74, 6) is -2.01. The second-order valence-corrected chi connectivity index (χ2v) is 6.11. The highest BCUT2D eigenvalue weighted by molar-refractivity contribution is 7.89. The summed E-state index contributed by atoms with van der Waals surface area (Å²) in [5.41, 5.74) is 0. The lowest BCUT2D eigenvalue weighted by Gasteiger charge is -2.20. The molecule has 19 heavy (non-hydrogen) atoms. The molecule has 0 saturated carbocycles. The molecule has 0 radical (unpaired) electrons. The number of halogens is 2. The van der Waals surface area contributed by atoms with Crippen LogP contribution in [0.5, 0.6) is 0 Å². The third kappa shape index (κ3) is 2.59. The largest absolute Gasteiger partial charge is 0.480 e. The van der Waals surface area contributed by atoms with Crippen LogP contribution in [0.15, 0.2) is 29.2 Å². The van der Waals surface area contributed by atoms with E-state index in [0.29, 0.717) is 4.31 Å². The van der Waals surface area contributed by atoms with Gasteiger partial charge in [0.1, 0.15) is 18.0 Å². The third-order valence-electron chi connectivity index (χ3n) is 2.91. The van der Waals surface area contributed by atoms with Gasteiger partial charge in [-0.15, -0.1) is 0 Å². The standard InChI is InChI=1S/C11H11F2NO4S/c12-7-1-3-9(4-2-7)19(17,18)14-6-8(13)5-10(14)11(15)16/h1-4,8,10H,5-6H2,(H,15,16)/t8-,10-/m0/s1. The first kappa shape index (κ1) is 13.9. The van der Waals surface area contributed by atoms with Gasteiger partial charge in [0.25, 0.3) is 0 Å². The molecule has 0 aliphatic carbocycles. The number of carbonyl (C=O) groups is 1. The second kappa shape index (κ2) is 4.86. The van der Waals surface area contributed by atoms with Crippen molar-refractivity contribution in [2.24, 2.45) is 0 Å². The Morgan fingerprint density at radius 3 is 2.42 bits per heavy atom. The molecule has 0 aromatic heterocycles. The molecule has 1 aliphatic heterocycles. The van der Waals surface area contributed by atoms with Crippen molar-refractivity contribution in [3.05, 3.63) is 30.1 Å². The van der Waals surface area contributed by atoms with Gasteiger partial charge in [0.15, 0.2) is 0 Å². The van der Waals surface area contributed by atoms with E-state index in [1.165, 1.54) is 0 Å². The first-order chi connectivity index (χ1) is 8.82. The number of sulfonamides is 1. The molecule has 1 aromatic carbocycles. The van der Waals surface area contributed by atoms with E-state index >= 15 is 0 Å². The minimum absolute atomic E-state index is 0.255. The fourth-order valence-corrected chi connectivity index (χ4v) is 3.61. The number of hydrogen-bond acceptors (Lipinski definition) is 3. The minimum atomic E-state index is -4.14. The van der Waals surface area contributed by atoms with Gasteiger partial charge < -0.3 is 5.11 Å². The van der Waals surface area contributed by atoms with Crippen LogP contribution in [0, 0.1) is 5.82 Å². The summed E-state index contributed by atoms with van der Waals surface area (Å²) in [7, 11) is -4.14. The van der Waals surface area contributed by atoms with Gasteiger partial charge in [-0.1, -0.05) is 0 Å². The molecular formula is C11H11F2NO4S. The molecule has 0 amide bonds. The van der Waals surface area contributed by atoms with Crippen molar-refractivity contribution in [2.75, 3.05) is 6.54 Å². The normalized spacial score (nSPS) is 24.5.